The number of aryl methyl sites for hydroxylation is 1. The molecule has 0 fully saturated rings. The summed E-state index contributed by atoms with van der Waals surface area (Å²) in [5, 5.41) is 9.70. The predicted molar refractivity (Wildman–Crippen MR) is 133 cm³/mol. The van der Waals surface area contributed by atoms with Crippen molar-refractivity contribution in [2.75, 3.05) is 38.4 Å². The molecule has 0 saturated heterocycles. The van der Waals surface area contributed by atoms with Crippen LogP contribution in [-0.2, 0) is 17.7 Å². The van der Waals surface area contributed by atoms with Gasteiger partial charge in [0.05, 0.1) is 28.6 Å². The molecule has 0 aromatic carbocycles. The lowest BCUT2D eigenvalue weighted by molar-refractivity contribution is 0.0600. The van der Waals surface area contributed by atoms with Gasteiger partial charge in [0.15, 0.2) is 5.82 Å². The molecule has 0 radical (unpaired) electrons. The van der Waals surface area contributed by atoms with Crippen LogP contribution < -0.4 is 11.1 Å². The van der Waals surface area contributed by atoms with Crippen LogP contribution in [0.4, 0.5) is 22.4 Å². The standard InChI is InChI=1S/C21H23ClN10O2S/c1-11-9-35-16-15(11)26-18(22)27-17(16)32-19(23)28-20(29-32)25-13-6-12-8-31(5-4-14(12)24-7-13)21(33)34-10-30(2)3/h6-7,9H,4-5,8,10H2,1-3H3,(H3,23,25,28,29). The number of anilines is 3. The molecule has 35 heavy (non-hydrogen) atoms. The highest BCUT2D eigenvalue weighted by atomic mass is 35.5. The molecule has 182 valence electrons. The van der Waals surface area contributed by atoms with Crippen molar-refractivity contribution in [2.24, 2.45) is 0 Å². The fourth-order valence-electron chi connectivity index (χ4n) is 3.72. The zero-order valence-electron chi connectivity index (χ0n) is 19.3. The molecule has 5 heterocycles. The highest BCUT2D eigenvalue weighted by Crippen LogP contribution is 2.31. The lowest BCUT2D eigenvalue weighted by Crippen LogP contribution is -2.38. The average molecular weight is 515 g/mol. The van der Waals surface area contributed by atoms with Crippen molar-refractivity contribution in [3.63, 3.8) is 0 Å². The lowest BCUT2D eigenvalue weighted by atomic mass is 10.1. The van der Waals surface area contributed by atoms with Crippen molar-refractivity contribution in [1.29, 1.82) is 0 Å². The summed E-state index contributed by atoms with van der Waals surface area (Å²) in [5.41, 5.74) is 10.4. The van der Waals surface area contributed by atoms with Crippen LogP contribution >= 0.6 is 22.9 Å². The van der Waals surface area contributed by atoms with Crippen LogP contribution in [-0.4, -0.2) is 73.0 Å². The maximum absolute atomic E-state index is 12.4. The fraction of sp³-hybridized carbons (Fsp3) is 0.333. The van der Waals surface area contributed by atoms with Crippen LogP contribution in [0.2, 0.25) is 5.28 Å². The van der Waals surface area contributed by atoms with Crippen molar-refractivity contribution in [2.45, 2.75) is 19.9 Å². The Kier molecular flexibility index (Phi) is 6.13. The normalized spacial score (nSPS) is 13.3. The molecule has 0 spiro atoms. The number of ether oxygens (including phenoxy) is 1. The van der Waals surface area contributed by atoms with Gasteiger partial charge in [0.25, 0.3) is 0 Å². The Morgan fingerprint density at radius 1 is 1.34 bits per heavy atom. The van der Waals surface area contributed by atoms with Gasteiger partial charge in [-0.15, -0.1) is 16.4 Å². The van der Waals surface area contributed by atoms with E-state index >= 15 is 0 Å². The largest absolute Gasteiger partial charge is 0.433 e. The zero-order valence-corrected chi connectivity index (χ0v) is 20.9. The molecule has 12 nitrogen and oxygen atoms in total. The van der Waals surface area contributed by atoms with E-state index in [9.17, 15) is 4.79 Å². The molecule has 1 amide bonds. The number of thiophene rings is 1. The third-order valence-electron chi connectivity index (χ3n) is 5.38. The number of aromatic nitrogens is 6. The van der Waals surface area contributed by atoms with Gasteiger partial charge in [-0.3, -0.25) is 9.88 Å². The second-order valence-electron chi connectivity index (χ2n) is 8.36. The number of rotatable bonds is 5. The summed E-state index contributed by atoms with van der Waals surface area (Å²) < 4.78 is 7.55. The molecule has 0 unspecified atom stereocenters. The van der Waals surface area contributed by atoms with E-state index < -0.39 is 0 Å². The molecule has 0 atom stereocenters. The molecular formula is C21H23ClN10O2S. The Bertz CT molecular complexity index is 1420. The number of amides is 1. The Balaban J connectivity index is 1.37. The Labute approximate surface area is 209 Å². The summed E-state index contributed by atoms with van der Waals surface area (Å²) in [7, 11) is 3.68. The van der Waals surface area contributed by atoms with Gasteiger partial charge in [0.1, 0.15) is 6.73 Å². The van der Waals surface area contributed by atoms with E-state index in [0.29, 0.717) is 31.0 Å². The van der Waals surface area contributed by atoms with Gasteiger partial charge < -0.3 is 20.7 Å². The SMILES string of the molecule is Cc1csc2c(-n3nc(Nc4cnc5c(c4)CN(C(=O)OCN(C)C)CC5)nc3N)nc(Cl)nc12. The van der Waals surface area contributed by atoms with E-state index in [-0.39, 0.29) is 30.0 Å². The number of carbonyl (C=O) groups is 1. The summed E-state index contributed by atoms with van der Waals surface area (Å²) in [4.78, 5) is 33.3. The van der Waals surface area contributed by atoms with E-state index in [2.05, 4.69) is 30.4 Å². The van der Waals surface area contributed by atoms with E-state index in [4.69, 9.17) is 22.1 Å². The predicted octanol–water partition coefficient (Wildman–Crippen LogP) is 2.97. The van der Waals surface area contributed by atoms with Gasteiger partial charge in [-0.1, -0.05) is 0 Å². The van der Waals surface area contributed by atoms with Crippen LogP contribution in [0.1, 0.15) is 16.8 Å². The van der Waals surface area contributed by atoms with Crippen LogP contribution in [0.15, 0.2) is 17.6 Å². The number of hydrogen-bond donors (Lipinski definition) is 2. The third-order valence-corrected chi connectivity index (χ3v) is 6.63. The number of carbonyl (C=O) groups excluding carboxylic acids is 1. The summed E-state index contributed by atoms with van der Waals surface area (Å²) in [6.45, 7) is 3.14. The van der Waals surface area contributed by atoms with Gasteiger partial charge in [-0.05, 0) is 55.2 Å². The third kappa shape index (κ3) is 4.70. The van der Waals surface area contributed by atoms with Crippen LogP contribution in [0, 0.1) is 6.92 Å². The number of nitrogen functional groups attached to an aromatic ring is 1. The second kappa shape index (κ2) is 9.24. The van der Waals surface area contributed by atoms with Crippen LogP contribution in [0.25, 0.3) is 16.0 Å². The smallest absolute Gasteiger partial charge is 0.411 e. The van der Waals surface area contributed by atoms with Crippen LogP contribution in [0.5, 0.6) is 0 Å². The molecule has 4 aromatic rings. The molecule has 1 aliphatic heterocycles. The molecule has 3 N–H and O–H groups in total. The van der Waals surface area contributed by atoms with E-state index in [0.717, 1.165) is 27.0 Å². The Hall–Kier alpha value is -3.55. The topological polar surface area (TPSA) is 140 Å². The van der Waals surface area contributed by atoms with E-state index in [1.807, 2.05) is 32.5 Å². The minimum absolute atomic E-state index is 0.103. The van der Waals surface area contributed by atoms with Crippen molar-refractivity contribution in [1.82, 2.24) is 39.5 Å². The fourth-order valence-corrected chi connectivity index (χ4v) is 4.85. The molecule has 1 aliphatic rings. The van der Waals surface area contributed by atoms with E-state index in [1.54, 1.807) is 16.0 Å². The molecule has 0 bridgehead atoms. The number of nitrogens with zero attached hydrogens (tertiary/aromatic N) is 8. The van der Waals surface area contributed by atoms with Crippen molar-refractivity contribution >= 4 is 56.8 Å². The van der Waals surface area contributed by atoms with E-state index in [1.165, 1.54) is 16.0 Å². The van der Waals surface area contributed by atoms with Gasteiger partial charge in [0, 0.05) is 18.7 Å². The summed E-state index contributed by atoms with van der Waals surface area (Å²) in [5.74, 6) is 0.889. The Morgan fingerprint density at radius 2 is 2.17 bits per heavy atom. The molecular weight excluding hydrogens is 492 g/mol. The average Bonchev–Trinajstić information content (AvgIpc) is 3.38. The second-order valence-corrected chi connectivity index (χ2v) is 9.58. The van der Waals surface area contributed by atoms with Crippen molar-refractivity contribution in [3.8, 4) is 5.82 Å². The van der Waals surface area contributed by atoms with Gasteiger partial charge >= 0.3 is 6.09 Å². The quantitative estimate of drug-likeness (QED) is 0.301. The lowest BCUT2D eigenvalue weighted by Gasteiger charge is -2.28. The highest BCUT2D eigenvalue weighted by molar-refractivity contribution is 7.17. The molecule has 14 heteroatoms. The first-order valence-corrected chi connectivity index (χ1v) is 12.0. The van der Waals surface area contributed by atoms with Gasteiger partial charge in [-0.25, -0.2) is 9.78 Å². The number of nitrogens with two attached hydrogens (primary N) is 1. The highest BCUT2D eigenvalue weighted by Gasteiger charge is 2.23. The van der Waals surface area contributed by atoms with Crippen LogP contribution in [0.3, 0.4) is 0 Å². The van der Waals surface area contributed by atoms with Gasteiger partial charge in [0.2, 0.25) is 17.2 Å². The monoisotopic (exact) mass is 514 g/mol. The number of halogens is 1. The number of fused-ring (bicyclic) bond motifs is 2. The summed E-state index contributed by atoms with van der Waals surface area (Å²) in [6.07, 6.45) is 2.00. The maximum atomic E-state index is 12.4. The molecule has 4 aromatic heterocycles. The number of nitrogens with one attached hydrogen (secondary N) is 1. The zero-order chi connectivity index (χ0) is 24.7. The molecule has 0 saturated carbocycles. The molecule has 5 rings (SSSR count). The molecule has 0 aliphatic carbocycles. The first kappa shape index (κ1) is 23.2. The summed E-state index contributed by atoms with van der Waals surface area (Å²) >= 11 is 7.63. The number of hydrogen-bond acceptors (Lipinski definition) is 11. The maximum Gasteiger partial charge on any atom is 0.411 e. The van der Waals surface area contributed by atoms with Crippen molar-refractivity contribution in [3.05, 3.63) is 39.7 Å². The summed E-state index contributed by atoms with van der Waals surface area (Å²) in [6, 6.07) is 1.92. The Morgan fingerprint density at radius 3 is 2.97 bits per heavy atom. The van der Waals surface area contributed by atoms with Crippen molar-refractivity contribution < 1.29 is 9.53 Å². The minimum atomic E-state index is -0.352. The number of pyridine rings is 1. The minimum Gasteiger partial charge on any atom is -0.433 e. The first-order chi connectivity index (χ1) is 16.8. The van der Waals surface area contributed by atoms with Gasteiger partial charge in [-0.2, -0.15) is 14.6 Å². The first-order valence-electron chi connectivity index (χ1n) is 10.7.